The summed E-state index contributed by atoms with van der Waals surface area (Å²) in [6, 6.07) is 8.30. The van der Waals surface area contributed by atoms with Gasteiger partial charge in [-0.25, -0.2) is 13.1 Å². The van der Waals surface area contributed by atoms with Gasteiger partial charge in [-0.2, -0.15) is 0 Å². The Labute approximate surface area is 152 Å². The molecule has 7 nitrogen and oxygen atoms in total. The molecule has 1 aliphatic heterocycles. The number of nitrogens with one attached hydrogen (secondary N) is 1. The summed E-state index contributed by atoms with van der Waals surface area (Å²) in [5.41, 5.74) is 1.59. The quantitative estimate of drug-likeness (QED) is 0.794. The van der Waals surface area contributed by atoms with Gasteiger partial charge in [0.25, 0.3) is 0 Å². The molecule has 0 fully saturated rings. The van der Waals surface area contributed by atoms with Crippen LogP contribution in [0.1, 0.15) is 11.1 Å². The van der Waals surface area contributed by atoms with Crippen molar-refractivity contribution in [3.05, 3.63) is 41.5 Å². The molecule has 2 aromatic carbocycles. The molecule has 0 amide bonds. The molecule has 0 spiro atoms. The SMILES string of the molecule is COc1cc(CNS(=O)(=O)c2ccc3c(c2)CCO3)cc(OC)c1OC. The van der Waals surface area contributed by atoms with Crippen LogP contribution in [0.5, 0.6) is 23.0 Å². The highest BCUT2D eigenvalue weighted by atomic mass is 32.2. The number of fused-ring (bicyclic) bond motifs is 1. The van der Waals surface area contributed by atoms with Crippen LogP contribution in [0.4, 0.5) is 0 Å². The summed E-state index contributed by atoms with van der Waals surface area (Å²) in [4.78, 5) is 0.217. The van der Waals surface area contributed by atoms with Crippen LogP contribution < -0.4 is 23.7 Å². The Morgan fingerprint density at radius 1 is 1.04 bits per heavy atom. The molecule has 1 N–H and O–H groups in total. The Morgan fingerprint density at radius 2 is 1.73 bits per heavy atom. The van der Waals surface area contributed by atoms with Crippen molar-refractivity contribution in [1.29, 1.82) is 0 Å². The molecule has 0 aliphatic carbocycles. The molecule has 2 aromatic rings. The van der Waals surface area contributed by atoms with Crippen LogP contribution in [0.3, 0.4) is 0 Å². The lowest BCUT2D eigenvalue weighted by atomic mass is 10.2. The minimum atomic E-state index is -3.65. The Morgan fingerprint density at radius 3 is 2.35 bits per heavy atom. The average molecular weight is 379 g/mol. The van der Waals surface area contributed by atoms with Crippen LogP contribution in [0, 0.1) is 0 Å². The first-order valence-corrected chi connectivity index (χ1v) is 9.51. The van der Waals surface area contributed by atoms with Crippen LogP contribution in [-0.4, -0.2) is 36.4 Å². The molecule has 0 unspecified atom stereocenters. The van der Waals surface area contributed by atoms with E-state index in [9.17, 15) is 8.42 Å². The van der Waals surface area contributed by atoms with E-state index in [1.165, 1.54) is 21.3 Å². The third-order valence-electron chi connectivity index (χ3n) is 4.16. The summed E-state index contributed by atoms with van der Waals surface area (Å²) < 4.78 is 49.1. The van der Waals surface area contributed by atoms with Crippen molar-refractivity contribution >= 4 is 10.0 Å². The van der Waals surface area contributed by atoms with Gasteiger partial charge in [0.05, 0.1) is 32.8 Å². The van der Waals surface area contributed by atoms with Gasteiger partial charge < -0.3 is 18.9 Å². The number of benzene rings is 2. The Kier molecular flexibility index (Phi) is 5.24. The second-order valence-electron chi connectivity index (χ2n) is 5.73. The van der Waals surface area contributed by atoms with E-state index >= 15 is 0 Å². The summed E-state index contributed by atoms with van der Waals surface area (Å²) in [6.07, 6.45) is 0.714. The van der Waals surface area contributed by atoms with Crippen LogP contribution in [0.2, 0.25) is 0 Å². The van der Waals surface area contributed by atoms with E-state index in [1.54, 1.807) is 30.3 Å². The van der Waals surface area contributed by atoms with E-state index < -0.39 is 10.0 Å². The first kappa shape index (κ1) is 18.3. The molecule has 0 saturated heterocycles. The fourth-order valence-electron chi connectivity index (χ4n) is 2.83. The van der Waals surface area contributed by atoms with Gasteiger partial charge >= 0.3 is 0 Å². The molecule has 1 aliphatic rings. The van der Waals surface area contributed by atoms with Gasteiger partial charge in [-0.05, 0) is 41.5 Å². The molecule has 0 bridgehead atoms. The minimum absolute atomic E-state index is 0.0899. The summed E-state index contributed by atoms with van der Waals surface area (Å²) in [5.74, 6) is 2.14. The number of hydrogen-bond donors (Lipinski definition) is 1. The maximum atomic E-state index is 12.6. The first-order chi connectivity index (χ1) is 12.5. The van der Waals surface area contributed by atoms with Crippen LogP contribution in [-0.2, 0) is 23.0 Å². The van der Waals surface area contributed by atoms with Gasteiger partial charge in [0.15, 0.2) is 11.5 Å². The largest absolute Gasteiger partial charge is 0.493 e. The molecular weight excluding hydrogens is 358 g/mol. The summed E-state index contributed by atoms with van der Waals surface area (Å²) in [7, 11) is 0.884. The molecular formula is C18H21NO6S. The molecule has 0 radical (unpaired) electrons. The Balaban J connectivity index is 1.81. The van der Waals surface area contributed by atoms with Crippen molar-refractivity contribution < 1.29 is 27.4 Å². The molecule has 0 aromatic heterocycles. The highest BCUT2D eigenvalue weighted by molar-refractivity contribution is 7.89. The average Bonchev–Trinajstić information content (AvgIpc) is 3.13. The fraction of sp³-hybridized carbons (Fsp3) is 0.333. The van der Waals surface area contributed by atoms with E-state index in [2.05, 4.69) is 4.72 Å². The molecule has 0 atom stereocenters. The van der Waals surface area contributed by atoms with E-state index in [4.69, 9.17) is 18.9 Å². The molecule has 3 rings (SSSR count). The van der Waals surface area contributed by atoms with Crippen molar-refractivity contribution in [2.24, 2.45) is 0 Å². The van der Waals surface area contributed by atoms with Gasteiger partial charge in [0, 0.05) is 13.0 Å². The number of ether oxygens (including phenoxy) is 4. The Hall–Kier alpha value is -2.45. The maximum Gasteiger partial charge on any atom is 0.240 e. The zero-order valence-corrected chi connectivity index (χ0v) is 15.7. The van der Waals surface area contributed by atoms with Gasteiger partial charge in [0.1, 0.15) is 5.75 Å². The van der Waals surface area contributed by atoms with Crippen molar-refractivity contribution in [1.82, 2.24) is 4.72 Å². The highest BCUT2D eigenvalue weighted by Gasteiger charge is 2.20. The standard InChI is InChI=1S/C18H21NO6S/c1-22-16-8-12(9-17(23-2)18(16)24-3)11-19-26(20,21)14-4-5-15-13(10-14)6-7-25-15/h4-5,8-10,19H,6-7,11H2,1-3H3. The molecule has 0 saturated carbocycles. The third-order valence-corrected chi connectivity index (χ3v) is 5.56. The number of rotatable bonds is 7. The van der Waals surface area contributed by atoms with E-state index in [1.807, 2.05) is 0 Å². The van der Waals surface area contributed by atoms with Crippen LogP contribution >= 0.6 is 0 Å². The number of sulfonamides is 1. The number of hydrogen-bond acceptors (Lipinski definition) is 6. The first-order valence-electron chi connectivity index (χ1n) is 8.02. The number of methoxy groups -OCH3 is 3. The smallest absolute Gasteiger partial charge is 0.240 e. The fourth-order valence-corrected chi connectivity index (χ4v) is 3.90. The minimum Gasteiger partial charge on any atom is -0.493 e. The van der Waals surface area contributed by atoms with Gasteiger partial charge in [-0.3, -0.25) is 0 Å². The zero-order chi connectivity index (χ0) is 18.7. The van der Waals surface area contributed by atoms with Gasteiger partial charge in [-0.15, -0.1) is 0 Å². The van der Waals surface area contributed by atoms with Crippen molar-refractivity contribution in [2.45, 2.75) is 17.9 Å². The molecule has 8 heteroatoms. The zero-order valence-electron chi connectivity index (χ0n) is 14.9. The van der Waals surface area contributed by atoms with Crippen molar-refractivity contribution in [2.75, 3.05) is 27.9 Å². The Bertz CT molecular complexity index is 885. The monoisotopic (exact) mass is 379 g/mol. The second-order valence-corrected chi connectivity index (χ2v) is 7.49. The third kappa shape index (κ3) is 3.56. The predicted molar refractivity (Wildman–Crippen MR) is 95.8 cm³/mol. The predicted octanol–water partition coefficient (Wildman–Crippen LogP) is 2.13. The maximum absolute atomic E-state index is 12.6. The molecule has 1 heterocycles. The second kappa shape index (κ2) is 7.43. The lowest BCUT2D eigenvalue weighted by molar-refractivity contribution is 0.323. The normalized spacial score (nSPS) is 13.0. The van der Waals surface area contributed by atoms with Crippen molar-refractivity contribution in [3.8, 4) is 23.0 Å². The summed E-state index contributed by atoms with van der Waals surface area (Å²) in [5, 5.41) is 0. The van der Waals surface area contributed by atoms with E-state index in [-0.39, 0.29) is 11.4 Å². The topological polar surface area (TPSA) is 83.1 Å². The summed E-state index contributed by atoms with van der Waals surface area (Å²) >= 11 is 0. The lowest BCUT2D eigenvalue weighted by Gasteiger charge is -2.14. The van der Waals surface area contributed by atoms with Gasteiger partial charge in [-0.1, -0.05) is 0 Å². The van der Waals surface area contributed by atoms with E-state index in [0.717, 1.165) is 11.3 Å². The highest BCUT2D eigenvalue weighted by Crippen LogP contribution is 2.38. The molecule has 140 valence electrons. The van der Waals surface area contributed by atoms with Crippen molar-refractivity contribution in [3.63, 3.8) is 0 Å². The van der Waals surface area contributed by atoms with Crippen LogP contribution in [0.25, 0.3) is 0 Å². The van der Waals surface area contributed by atoms with Crippen LogP contribution in [0.15, 0.2) is 35.2 Å². The lowest BCUT2D eigenvalue weighted by Crippen LogP contribution is -2.23. The van der Waals surface area contributed by atoms with E-state index in [0.29, 0.717) is 35.8 Å². The summed E-state index contributed by atoms with van der Waals surface area (Å²) in [6.45, 7) is 0.671. The molecule has 26 heavy (non-hydrogen) atoms. The van der Waals surface area contributed by atoms with Gasteiger partial charge in [0.2, 0.25) is 15.8 Å².